The van der Waals surface area contributed by atoms with Crippen LogP contribution in [0.2, 0.25) is 0 Å². The van der Waals surface area contributed by atoms with Crippen LogP contribution >= 0.6 is 0 Å². The summed E-state index contributed by atoms with van der Waals surface area (Å²) in [5.74, 6) is -0.0565. The smallest absolute Gasteiger partial charge is 0.474 e. The molecule has 1 aliphatic heterocycles. The van der Waals surface area contributed by atoms with E-state index in [2.05, 4.69) is 4.98 Å². The van der Waals surface area contributed by atoms with Crippen molar-refractivity contribution in [2.75, 3.05) is 0 Å². The third-order valence-electron chi connectivity index (χ3n) is 5.20. The zero-order valence-electron chi connectivity index (χ0n) is 14.4. The maximum atomic E-state index is 14.5. The Hall–Kier alpha value is -1.14. The van der Waals surface area contributed by atoms with Gasteiger partial charge < -0.3 is 14.0 Å². The second kappa shape index (κ2) is 6.06. The first kappa shape index (κ1) is 16.7. The highest BCUT2D eigenvalue weighted by Gasteiger charge is 2.52. The standard InChI is InChI=1S/C17H25BFNO3/c1-16(2)17(3,4)23-18(22-16)13-11-20-15(10-14(13)19)21-12-8-6-5-7-9-12/h10-12H,5-9H2,1-4H3. The number of nitrogens with zero attached hydrogens (tertiary/aromatic N) is 1. The molecule has 0 aromatic carbocycles. The number of hydrogen-bond donors (Lipinski definition) is 0. The highest BCUT2D eigenvalue weighted by molar-refractivity contribution is 6.62. The second-order valence-electron chi connectivity index (χ2n) is 7.51. The van der Waals surface area contributed by atoms with E-state index in [-0.39, 0.29) is 6.10 Å². The first-order valence-electron chi connectivity index (χ1n) is 8.46. The molecule has 6 heteroatoms. The van der Waals surface area contributed by atoms with Crippen LogP contribution in [0.3, 0.4) is 0 Å². The molecule has 1 saturated heterocycles. The lowest BCUT2D eigenvalue weighted by Gasteiger charge is -2.32. The van der Waals surface area contributed by atoms with Gasteiger partial charge in [0.1, 0.15) is 11.9 Å². The molecular formula is C17H25BFNO3. The average Bonchev–Trinajstić information content (AvgIpc) is 2.68. The molecule has 1 saturated carbocycles. The summed E-state index contributed by atoms with van der Waals surface area (Å²) in [7, 11) is -0.740. The quantitative estimate of drug-likeness (QED) is 0.802. The minimum absolute atomic E-state index is 0.151. The predicted molar refractivity (Wildman–Crippen MR) is 87.4 cm³/mol. The number of rotatable bonds is 3. The first-order chi connectivity index (χ1) is 10.8. The van der Waals surface area contributed by atoms with Crippen molar-refractivity contribution in [3.63, 3.8) is 0 Å². The summed E-state index contributed by atoms with van der Waals surface area (Å²) in [4.78, 5) is 4.25. The van der Waals surface area contributed by atoms with Crippen LogP contribution < -0.4 is 10.2 Å². The van der Waals surface area contributed by atoms with Crippen molar-refractivity contribution in [2.45, 2.75) is 77.1 Å². The molecule has 0 radical (unpaired) electrons. The van der Waals surface area contributed by atoms with Crippen molar-refractivity contribution in [1.82, 2.24) is 4.98 Å². The van der Waals surface area contributed by atoms with Gasteiger partial charge in [-0.3, -0.25) is 0 Å². The molecule has 2 aliphatic rings. The lowest BCUT2D eigenvalue weighted by molar-refractivity contribution is 0.00578. The van der Waals surface area contributed by atoms with E-state index in [1.54, 1.807) is 0 Å². The molecule has 2 heterocycles. The van der Waals surface area contributed by atoms with Crippen LogP contribution in [-0.4, -0.2) is 29.4 Å². The van der Waals surface area contributed by atoms with Crippen molar-refractivity contribution in [3.05, 3.63) is 18.1 Å². The number of pyridine rings is 1. The first-order valence-corrected chi connectivity index (χ1v) is 8.46. The van der Waals surface area contributed by atoms with Gasteiger partial charge in [-0.25, -0.2) is 9.37 Å². The van der Waals surface area contributed by atoms with Gasteiger partial charge in [0.25, 0.3) is 0 Å². The molecule has 1 aromatic rings. The number of hydrogen-bond acceptors (Lipinski definition) is 4. The lowest BCUT2D eigenvalue weighted by Crippen LogP contribution is -2.41. The van der Waals surface area contributed by atoms with Gasteiger partial charge >= 0.3 is 7.12 Å². The Labute approximate surface area is 137 Å². The average molecular weight is 321 g/mol. The van der Waals surface area contributed by atoms with E-state index in [1.807, 2.05) is 27.7 Å². The van der Waals surface area contributed by atoms with Gasteiger partial charge in [0.05, 0.1) is 11.2 Å². The molecule has 0 bridgehead atoms. The Bertz CT molecular complexity index is 557. The second-order valence-corrected chi connectivity index (χ2v) is 7.51. The van der Waals surface area contributed by atoms with E-state index in [0.29, 0.717) is 11.3 Å². The van der Waals surface area contributed by atoms with Gasteiger partial charge in [-0.15, -0.1) is 0 Å². The van der Waals surface area contributed by atoms with E-state index in [1.165, 1.54) is 31.5 Å². The van der Waals surface area contributed by atoms with Crippen molar-refractivity contribution in [1.29, 1.82) is 0 Å². The van der Waals surface area contributed by atoms with Crippen LogP contribution in [0.4, 0.5) is 4.39 Å². The highest BCUT2D eigenvalue weighted by atomic mass is 19.1. The van der Waals surface area contributed by atoms with Crippen molar-refractivity contribution in [3.8, 4) is 5.88 Å². The molecule has 126 valence electrons. The van der Waals surface area contributed by atoms with E-state index in [0.717, 1.165) is 12.8 Å². The van der Waals surface area contributed by atoms with Gasteiger partial charge in [0, 0.05) is 17.7 Å². The molecule has 0 N–H and O–H groups in total. The van der Waals surface area contributed by atoms with Crippen LogP contribution in [0.1, 0.15) is 59.8 Å². The lowest BCUT2D eigenvalue weighted by atomic mass is 9.80. The van der Waals surface area contributed by atoms with Crippen LogP contribution in [0.15, 0.2) is 12.3 Å². The molecular weight excluding hydrogens is 296 g/mol. The topological polar surface area (TPSA) is 40.6 Å². The zero-order valence-corrected chi connectivity index (χ0v) is 14.4. The molecule has 4 nitrogen and oxygen atoms in total. The third-order valence-corrected chi connectivity index (χ3v) is 5.20. The number of halogens is 1. The predicted octanol–water partition coefficient (Wildman–Crippen LogP) is 3.23. The molecule has 0 spiro atoms. The summed E-state index contributed by atoms with van der Waals surface area (Å²) in [6.07, 6.45) is 7.24. The summed E-state index contributed by atoms with van der Waals surface area (Å²) in [5, 5.41) is 0. The summed E-state index contributed by atoms with van der Waals surface area (Å²) in [5.41, 5.74) is -0.678. The molecule has 2 fully saturated rings. The summed E-state index contributed by atoms with van der Waals surface area (Å²) in [6.45, 7) is 7.77. The van der Waals surface area contributed by atoms with Crippen molar-refractivity contribution in [2.24, 2.45) is 0 Å². The maximum absolute atomic E-state index is 14.5. The zero-order chi connectivity index (χ0) is 16.7. The summed E-state index contributed by atoms with van der Waals surface area (Å²) < 4.78 is 32.0. The molecule has 0 atom stereocenters. The minimum atomic E-state index is -0.740. The van der Waals surface area contributed by atoms with E-state index < -0.39 is 24.1 Å². The van der Waals surface area contributed by atoms with Gasteiger partial charge in [-0.05, 0) is 53.4 Å². The fraction of sp³-hybridized carbons (Fsp3) is 0.706. The molecule has 1 aliphatic carbocycles. The van der Waals surface area contributed by atoms with Crippen LogP contribution in [0.5, 0.6) is 5.88 Å². The Morgan fingerprint density at radius 2 is 1.74 bits per heavy atom. The van der Waals surface area contributed by atoms with Gasteiger partial charge in [0.2, 0.25) is 5.88 Å². The number of aromatic nitrogens is 1. The van der Waals surface area contributed by atoms with E-state index in [4.69, 9.17) is 14.0 Å². The molecule has 23 heavy (non-hydrogen) atoms. The Balaban J connectivity index is 1.72. The van der Waals surface area contributed by atoms with Crippen LogP contribution in [0, 0.1) is 5.82 Å². The van der Waals surface area contributed by atoms with E-state index in [9.17, 15) is 4.39 Å². The Morgan fingerprint density at radius 3 is 2.30 bits per heavy atom. The summed E-state index contributed by atoms with van der Waals surface area (Å²) >= 11 is 0. The third kappa shape index (κ3) is 3.38. The van der Waals surface area contributed by atoms with Gasteiger partial charge in [0.15, 0.2) is 0 Å². The Morgan fingerprint density at radius 1 is 1.13 bits per heavy atom. The molecule has 3 rings (SSSR count). The fourth-order valence-corrected chi connectivity index (χ4v) is 2.99. The van der Waals surface area contributed by atoms with Crippen molar-refractivity contribution < 1.29 is 18.4 Å². The van der Waals surface area contributed by atoms with Crippen molar-refractivity contribution >= 4 is 12.6 Å². The largest absolute Gasteiger partial charge is 0.499 e. The maximum Gasteiger partial charge on any atom is 0.499 e. The van der Waals surface area contributed by atoms with E-state index >= 15 is 0 Å². The SMILES string of the molecule is CC1(C)OB(c2cnc(OC3CCCCC3)cc2F)OC1(C)C. The van der Waals surface area contributed by atoms with Gasteiger partial charge in [-0.1, -0.05) is 6.42 Å². The summed E-state index contributed by atoms with van der Waals surface area (Å²) in [6, 6.07) is 1.34. The van der Waals surface area contributed by atoms with Gasteiger partial charge in [-0.2, -0.15) is 0 Å². The van der Waals surface area contributed by atoms with Crippen LogP contribution in [0.25, 0.3) is 0 Å². The molecule has 1 aromatic heterocycles. The fourth-order valence-electron chi connectivity index (χ4n) is 2.99. The highest BCUT2D eigenvalue weighted by Crippen LogP contribution is 2.36. The normalized spacial score (nSPS) is 24.0. The number of ether oxygens (including phenoxy) is 1. The molecule has 0 unspecified atom stereocenters. The monoisotopic (exact) mass is 321 g/mol. The van der Waals surface area contributed by atoms with Crippen LogP contribution in [-0.2, 0) is 9.31 Å². The minimum Gasteiger partial charge on any atom is -0.474 e. The Kier molecular flexibility index (Phi) is 4.40. The molecule has 0 amide bonds.